The lowest BCUT2D eigenvalue weighted by Crippen LogP contribution is -2.70. The molecule has 264 valence electrons. The maximum absolute atomic E-state index is 14.6. The summed E-state index contributed by atoms with van der Waals surface area (Å²) >= 11 is 1.66. The van der Waals surface area contributed by atoms with Gasteiger partial charge >= 0.3 is 5.97 Å². The standard InChI is InChI=1S/C38H43N3O8S/c1-16-10-22-20(12-25(16)42)7-8-39-38(22)14-50-35-26-18(3)19(4)33-34(49-15-48-33)28(26)24(13-47-37(38)45)41-30(35)29-27-21(11-23(36(41)44)40(29)5)9-17(2)32(46-6)31(27)43/h9-10,12,23-24,29-30,35-36,39,42-44H,7-8,11,13-15H2,1-6H3/t23?,24-,29+,30+,35+,36-,38+/m0/s1. The van der Waals surface area contributed by atoms with Crippen LogP contribution in [-0.4, -0.2) is 89.3 Å². The van der Waals surface area contributed by atoms with Crippen molar-refractivity contribution >= 4 is 17.7 Å². The van der Waals surface area contributed by atoms with Crippen LogP contribution in [0, 0.1) is 27.7 Å². The van der Waals surface area contributed by atoms with Crippen molar-refractivity contribution in [3.05, 3.63) is 73.8 Å². The van der Waals surface area contributed by atoms with Gasteiger partial charge in [-0.25, -0.2) is 4.79 Å². The van der Waals surface area contributed by atoms with Crippen LogP contribution in [0.3, 0.4) is 0 Å². The highest BCUT2D eigenvalue weighted by Gasteiger charge is 2.61. The first-order chi connectivity index (χ1) is 24.0. The molecule has 0 radical (unpaired) electrons. The summed E-state index contributed by atoms with van der Waals surface area (Å²) in [5.41, 5.74) is 8.01. The Morgan fingerprint density at radius 1 is 0.980 bits per heavy atom. The van der Waals surface area contributed by atoms with Gasteiger partial charge in [-0.2, -0.15) is 0 Å². The van der Waals surface area contributed by atoms with Gasteiger partial charge in [0.05, 0.1) is 25.2 Å². The number of carbonyl (C=O) groups excluding carboxylic acids is 1. The summed E-state index contributed by atoms with van der Waals surface area (Å²) in [4.78, 5) is 18.9. The zero-order chi connectivity index (χ0) is 35.0. The molecule has 7 heterocycles. The van der Waals surface area contributed by atoms with E-state index >= 15 is 0 Å². The van der Waals surface area contributed by atoms with Gasteiger partial charge in [-0.15, -0.1) is 11.8 Å². The minimum absolute atomic E-state index is 0.0237. The van der Waals surface area contributed by atoms with Crippen LogP contribution in [0.25, 0.3) is 0 Å². The molecule has 0 saturated carbocycles. The number of hydrogen-bond acceptors (Lipinski definition) is 12. The van der Waals surface area contributed by atoms with E-state index in [0.29, 0.717) is 48.0 Å². The molecule has 1 unspecified atom stereocenters. The van der Waals surface area contributed by atoms with Gasteiger partial charge in [-0.1, -0.05) is 6.07 Å². The number of aryl methyl sites for hydroxylation is 2. The van der Waals surface area contributed by atoms with E-state index in [4.69, 9.17) is 18.9 Å². The Balaban J connectivity index is 1.30. The highest BCUT2D eigenvalue weighted by atomic mass is 32.2. The van der Waals surface area contributed by atoms with E-state index < -0.39 is 17.8 Å². The van der Waals surface area contributed by atoms with Crippen molar-refractivity contribution in [2.45, 2.75) is 81.7 Å². The van der Waals surface area contributed by atoms with Gasteiger partial charge in [0.15, 0.2) is 28.5 Å². The number of benzene rings is 3. The van der Waals surface area contributed by atoms with Crippen LogP contribution in [-0.2, 0) is 27.9 Å². The molecule has 3 aromatic carbocycles. The summed E-state index contributed by atoms with van der Waals surface area (Å²) in [5, 5.41) is 38.4. The number of phenolic OH excluding ortho intramolecular Hbond substituents is 2. The lowest BCUT2D eigenvalue weighted by Gasteiger charge is -2.62. The van der Waals surface area contributed by atoms with Gasteiger partial charge in [-0.05, 0) is 104 Å². The number of nitrogens with zero attached hydrogens (tertiary/aromatic N) is 2. The van der Waals surface area contributed by atoms with Gasteiger partial charge in [0.2, 0.25) is 6.79 Å². The number of fused-ring (bicyclic) bond motifs is 9. The van der Waals surface area contributed by atoms with Crippen molar-refractivity contribution in [1.29, 1.82) is 0 Å². The number of nitrogens with one attached hydrogen (secondary N) is 1. The van der Waals surface area contributed by atoms with Gasteiger partial charge < -0.3 is 34.3 Å². The fraction of sp³-hybridized carbons (Fsp3) is 0.500. The molecule has 0 aliphatic carbocycles. The zero-order valence-electron chi connectivity index (χ0n) is 29.1. The van der Waals surface area contributed by atoms with E-state index in [1.54, 1.807) is 24.9 Å². The number of likely N-dealkylation sites (N-methyl/N-ethyl adjacent to an activating group) is 1. The number of aromatic hydroxyl groups is 2. The lowest BCUT2D eigenvalue weighted by molar-refractivity contribution is -0.186. The summed E-state index contributed by atoms with van der Waals surface area (Å²) < 4.78 is 24.4. The molecule has 50 heavy (non-hydrogen) atoms. The molecule has 11 nitrogen and oxygen atoms in total. The molecule has 1 spiro atoms. The molecule has 4 N–H and O–H groups in total. The van der Waals surface area contributed by atoms with Crippen molar-refractivity contribution in [2.75, 3.05) is 39.9 Å². The zero-order valence-corrected chi connectivity index (χ0v) is 29.9. The average Bonchev–Trinajstić information content (AvgIpc) is 3.58. The quantitative estimate of drug-likeness (QED) is 0.273. The second-order valence-electron chi connectivity index (χ2n) is 14.7. The smallest absolute Gasteiger partial charge is 0.331 e. The maximum Gasteiger partial charge on any atom is 0.331 e. The summed E-state index contributed by atoms with van der Waals surface area (Å²) in [5.74, 6) is 2.09. The van der Waals surface area contributed by atoms with E-state index in [2.05, 4.69) is 35.0 Å². The molecule has 2 saturated heterocycles. The van der Waals surface area contributed by atoms with E-state index in [-0.39, 0.29) is 54.2 Å². The number of aliphatic hydroxyl groups is 1. The van der Waals surface area contributed by atoms with Crippen LogP contribution < -0.4 is 19.5 Å². The Labute approximate surface area is 295 Å². The van der Waals surface area contributed by atoms with Gasteiger partial charge in [0.1, 0.15) is 18.6 Å². The Morgan fingerprint density at radius 2 is 1.76 bits per heavy atom. The molecule has 0 aromatic heterocycles. The largest absolute Gasteiger partial charge is 0.508 e. The molecule has 0 amide bonds. The number of carbonyl (C=O) groups is 1. The van der Waals surface area contributed by atoms with Gasteiger partial charge in [0.25, 0.3) is 0 Å². The lowest BCUT2D eigenvalue weighted by atomic mass is 9.72. The number of ether oxygens (including phenoxy) is 4. The molecule has 3 aromatic rings. The van der Waals surface area contributed by atoms with Crippen LogP contribution in [0.15, 0.2) is 18.2 Å². The van der Waals surface area contributed by atoms with Crippen LogP contribution in [0.2, 0.25) is 0 Å². The van der Waals surface area contributed by atoms with Crippen LogP contribution in [0.1, 0.15) is 73.0 Å². The van der Waals surface area contributed by atoms with E-state index in [0.717, 1.165) is 50.1 Å². The Morgan fingerprint density at radius 3 is 2.54 bits per heavy atom. The fourth-order valence-electron chi connectivity index (χ4n) is 9.92. The second kappa shape index (κ2) is 11.2. The van der Waals surface area contributed by atoms with Gasteiger partial charge in [-0.3, -0.25) is 15.1 Å². The molecule has 4 bridgehead atoms. The van der Waals surface area contributed by atoms with Crippen molar-refractivity contribution in [2.24, 2.45) is 0 Å². The highest BCUT2D eigenvalue weighted by Crippen LogP contribution is 2.63. The third kappa shape index (κ3) is 4.11. The van der Waals surface area contributed by atoms with Crippen molar-refractivity contribution in [1.82, 2.24) is 15.1 Å². The van der Waals surface area contributed by atoms with Crippen molar-refractivity contribution < 1.29 is 39.1 Å². The predicted octanol–water partition coefficient (Wildman–Crippen LogP) is 4.10. The molecular formula is C38H43N3O8S. The number of piperazine rings is 1. The number of hydrogen-bond donors (Lipinski definition) is 4. The topological polar surface area (TPSA) is 133 Å². The van der Waals surface area contributed by atoms with Crippen LogP contribution >= 0.6 is 11.8 Å². The molecule has 7 aliphatic heterocycles. The fourth-order valence-corrected chi connectivity index (χ4v) is 11.7. The monoisotopic (exact) mass is 701 g/mol. The number of phenols is 2. The first-order valence-corrected chi connectivity index (χ1v) is 18.4. The summed E-state index contributed by atoms with van der Waals surface area (Å²) in [6, 6.07) is 4.28. The van der Waals surface area contributed by atoms with E-state index in [1.165, 1.54) is 0 Å². The van der Waals surface area contributed by atoms with Crippen molar-refractivity contribution in [3.8, 4) is 28.7 Å². The second-order valence-corrected chi connectivity index (χ2v) is 15.9. The van der Waals surface area contributed by atoms with Gasteiger partial charge in [0, 0.05) is 34.7 Å². The average molecular weight is 702 g/mol. The third-order valence-corrected chi connectivity index (χ3v) is 13.9. The maximum atomic E-state index is 14.6. The Bertz CT molecular complexity index is 1990. The molecule has 7 atom stereocenters. The Kier molecular flexibility index (Phi) is 7.20. The number of esters is 1. The predicted molar refractivity (Wildman–Crippen MR) is 186 cm³/mol. The normalized spacial score (nSPS) is 31.1. The molecule has 12 heteroatoms. The summed E-state index contributed by atoms with van der Waals surface area (Å²) in [6.45, 7) is 8.58. The van der Waals surface area contributed by atoms with E-state index in [1.807, 2.05) is 27.0 Å². The minimum Gasteiger partial charge on any atom is -0.508 e. The SMILES string of the molecule is COc1c(C)cc2c(c1O)[C@@H]1[C@@H]3[C@@H]4SC[C@]5(NCCc6cc(O)c(C)cc65)C(=O)OC[C@@H](c5c6c(c(C)c(C)c54)OCO6)N3[C@@H](O)C(C2)N1C. The molecule has 2 fully saturated rings. The Hall–Kier alpha value is -3.68. The summed E-state index contributed by atoms with van der Waals surface area (Å²) in [7, 11) is 3.62. The highest BCUT2D eigenvalue weighted by molar-refractivity contribution is 7.99. The van der Waals surface area contributed by atoms with E-state index in [9.17, 15) is 20.1 Å². The summed E-state index contributed by atoms with van der Waals surface area (Å²) in [6.07, 6.45) is 0.294. The first kappa shape index (κ1) is 32.2. The molecule has 7 aliphatic rings. The number of thioether (sulfide) groups is 1. The first-order valence-electron chi connectivity index (χ1n) is 17.3. The molecular weight excluding hydrogens is 658 g/mol. The van der Waals surface area contributed by atoms with Crippen molar-refractivity contribution in [3.63, 3.8) is 0 Å². The third-order valence-electron chi connectivity index (χ3n) is 12.4. The minimum atomic E-state index is -1.16. The van der Waals surface area contributed by atoms with Crippen LogP contribution in [0.4, 0.5) is 0 Å². The number of rotatable bonds is 1. The molecule has 10 rings (SSSR count). The number of aliphatic hydroxyl groups excluding tert-OH is 1. The van der Waals surface area contributed by atoms with Crippen LogP contribution in [0.5, 0.6) is 28.7 Å². The number of methoxy groups -OCH3 is 1.